The number of carbonyl (C=O) groups excluding carboxylic acids is 2. The van der Waals surface area contributed by atoms with Crippen molar-refractivity contribution in [3.63, 3.8) is 0 Å². The minimum Gasteiger partial charge on any atom is -0.329 e. The summed E-state index contributed by atoms with van der Waals surface area (Å²) in [6.07, 6.45) is 0. The van der Waals surface area contributed by atoms with Crippen molar-refractivity contribution in [2.75, 3.05) is 19.6 Å². The van der Waals surface area contributed by atoms with Crippen molar-refractivity contribution >= 4 is 11.9 Å². The number of carbonyl (C=O) groups is 2. The number of amides is 3. The summed E-state index contributed by atoms with van der Waals surface area (Å²) in [5.74, 6) is -0.141. The van der Waals surface area contributed by atoms with Crippen molar-refractivity contribution in [1.82, 2.24) is 9.80 Å². The van der Waals surface area contributed by atoms with Crippen LogP contribution in [0.1, 0.15) is 13.8 Å². The molecular formula is C8H15N3O2. The normalized spacial score (nSPS) is 23.2. The largest absolute Gasteiger partial charge is 0.329 e. The van der Waals surface area contributed by atoms with Crippen LogP contribution in [-0.4, -0.2) is 47.4 Å². The zero-order valence-corrected chi connectivity index (χ0v) is 7.99. The van der Waals surface area contributed by atoms with E-state index in [9.17, 15) is 9.59 Å². The van der Waals surface area contributed by atoms with E-state index in [2.05, 4.69) is 0 Å². The summed E-state index contributed by atoms with van der Waals surface area (Å²) in [5.41, 5.74) is 5.30. The molecule has 3 amide bonds. The highest BCUT2D eigenvalue weighted by Gasteiger charge is 2.40. The number of imide groups is 1. The molecule has 1 heterocycles. The lowest BCUT2D eigenvalue weighted by Gasteiger charge is -2.16. The van der Waals surface area contributed by atoms with Crippen molar-refractivity contribution in [2.45, 2.75) is 19.9 Å². The summed E-state index contributed by atoms with van der Waals surface area (Å²) in [7, 11) is 0. The molecule has 0 radical (unpaired) electrons. The molecule has 1 fully saturated rings. The highest BCUT2D eigenvalue weighted by molar-refractivity contribution is 6.03. The summed E-state index contributed by atoms with van der Waals surface area (Å²) < 4.78 is 0. The number of likely N-dealkylation sites (N-methyl/N-ethyl adjacent to an activating group) is 1. The standard InChI is InChI=1S/C8H15N3O2/c1-3-10-6(2)7(12)11(5-4-9)8(10)13/h6H,3-5,9H2,1-2H3. The van der Waals surface area contributed by atoms with Crippen LogP contribution >= 0.6 is 0 Å². The average molecular weight is 185 g/mol. The first-order valence-electron chi connectivity index (χ1n) is 4.45. The topological polar surface area (TPSA) is 66.6 Å². The Balaban J connectivity index is 2.78. The Morgan fingerprint density at radius 2 is 2.08 bits per heavy atom. The van der Waals surface area contributed by atoms with Crippen LogP contribution in [0.4, 0.5) is 4.79 Å². The molecule has 5 nitrogen and oxygen atoms in total. The number of nitrogens with zero attached hydrogens (tertiary/aromatic N) is 2. The molecular weight excluding hydrogens is 170 g/mol. The molecule has 0 bridgehead atoms. The first-order chi connectivity index (χ1) is 6.13. The van der Waals surface area contributed by atoms with Crippen LogP contribution in [0.5, 0.6) is 0 Å². The van der Waals surface area contributed by atoms with E-state index in [0.717, 1.165) is 0 Å². The van der Waals surface area contributed by atoms with Gasteiger partial charge in [-0.3, -0.25) is 9.69 Å². The molecule has 1 aliphatic rings. The third-order valence-corrected chi connectivity index (χ3v) is 2.26. The molecule has 74 valence electrons. The number of hydrogen-bond donors (Lipinski definition) is 1. The molecule has 5 heteroatoms. The fraction of sp³-hybridized carbons (Fsp3) is 0.750. The van der Waals surface area contributed by atoms with E-state index < -0.39 is 0 Å². The van der Waals surface area contributed by atoms with E-state index in [-0.39, 0.29) is 18.0 Å². The lowest BCUT2D eigenvalue weighted by atomic mass is 10.3. The number of rotatable bonds is 3. The smallest absolute Gasteiger partial charge is 0.327 e. The zero-order chi connectivity index (χ0) is 10.0. The van der Waals surface area contributed by atoms with Crippen LogP contribution in [0.25, 0.3) is 0 Å². The molecule has 2 N–H and O–H groups in total. The van der Waals surface area contributed by atoms with Crippen LogP contribution < -0.4 is 5.73 Å². The van der Waals surface area contributed by atoms with Gasteiger partial charge in [-0.25, -0.2) is 4.79 Å². The number of nitrogens with two attached hydrogens (primary N) is 1. The minimum atomic E-state index is -0.330. The fourth-order valence-electron chi connectivity index (χ4n) is 1.52. The van der Waals surface area contributed by atoms with Gasteiger partial charge in [-0.2, -0.15) is 0 Å². The summed E-state index contributed by atoms with van der Waals surface area (Å²) in [5, 5.41) is 0. The van der Waals surface area contributed by atoms with Gasteiger partial charge in [0, 0.05) is 19.6 Å². The van der Waals surface area contributed by atoms with Gasteiger partial charge in [0.1, 0.15) is 6.04 Å². The molecule has 0 aromatic heterocycles. The molecule has 1 saturated heterocycles. The summed E-state index contributed by atoms with van der Waals surface area (Å²) in [6, 6.07) is -0.547. The summed E-state index contributed by atoms with van der Waals surface area (Å²) in [6.45, 7) is 4.79. The van der Waals surface area contributed by atoms with Crippen molar-refractivity contribution in [1.29, 1.82) is 0 Å². The Labute approximate surface area is 77.5 Å². The van der Waals surface area contributed by atoms with Gasteiger partial charge in [-0.05, 0) is 13.8 Å². The van der Waals surface area contributed by atoms with E-state index in [4.69, 9.17) is 5.73 Å². The molecule has 0 aromatic carbocycles. The minimum absolute atomic E-state index is 0.141. The number of hydrogen-bond acceptors (Lipinski definition) is 3. The van der Waals surface area contributed by atoms with Crippen molar-refractivity contribution < 1.29 is 9.59 Å². The maximum absolute atomic E-state index is 11.5. The maximum atomic E-state index is 11.5. The van der Waals surface area contributed by atoms with Crippen molar-refractivity contribution in [2.24, 2.45) is 5.73 Å². The van der Waals surface area contributed by atoms with Gasteiger partial charge in [0.05, 0.1) is 0 Å². The lowest BCUT2D eigenvalue weighted by molar-refractivity contribution is -0.127. The SMILES string of the molecule is CCN1C(=O)N(CCN)C(=O)C1C. The third kappa shape index (κ3) is 1.51. The van der Waals surface area contributed by atoms with Gasteiger partial charge in [0.25, 0.3) is 5.91 Å². The predicted molar refractivity (Wildman–Crippen MR) is 48.0 cm³/mol. The summed E-state index contributed by atoms with van der Waals surface area (Å²) >= 11 is 0. The summed E-state index contributed by atoms with van der Waals surface area (Å²) in [4.78, 5) is 25.8. The Morgan fingerprint density at radius 1 is 1.46 bits per heavy atom. The number of urea groups is 1. The molecule has 0 aromatic rings. The zero-order valence-electron chi connectivity index (χ0n) is 7.99. The average Bonchev–Trinajstić information content (AvgIpc) is 2.31. The first-order valence-corrected chi connectivity index (χ1v) is 4.45. The van der Waals surface area contributed by atoms with E-state index in [1.54, 1.807) is 6.92 Å². The second-order valence-electron chi connectivity index (χ2n) is 3.02. The molecule has 1 aliphatic heterocycles. The van der Waals surface area contributed by atoms with E-state index in [1.165, 1.54) is 9.80 Å². The third-order valence-electron chi connectivity index (χ3n) is 2.26. The highest BCUT2D eigenvalue weighted by atomic mass is 16.2. The molecule has 1 atom stereocenters. The van der Waals surface area contributed by atoms with E-state index >= 15 is 0 Å². The van der Waals surface area contributed by atoms with Crippen LogP contribution in [0, 0.1) is 0 Å². The Morgan fingerprint density at radius 3 is 2.46 bits per heavy atom. The van der Waals surface area contributed by atoms with Gasteiger partial charge < -0.3 is 10.6 Å². The maximum Gasteiger partial charge on any atom is 0.327 e. The van der Waals surface area contributed by atoms with Crippen LogP contribution in [-0.2, 0) is 4.79 Å². The molecule has 1 rings (SSSR count). The fourth-order valence-corrected chi connectivity index (χ4v) is 1.52. The van der Waals surface area contributed by atoms with Crippen molar-refractivity contribution in [3.8, 4) is 0 Å². The van der Waals surface area contributed by atoms with Gasteiger partial charge in [-0.15, -0.1) is 0 Å². The Kier molecular flexibility index (Phi) is 2.87. The highest BCUT2D eigenvalue weighted by Crippen LogP contribution is 2.15. The van der Waals surface area contributed by atoms with E-state index in [1.807, 2.05) is 6.92 Å². The van der Waals surface area contributed by atoms with Gasteiger partial charge in [-0.1, -0.05) is 0 Å². The van der Waals surface area contributed by atoms with Gasteiger partial charge in [0.15, 0.2) is 0 Å². The first kappa shape index (κ1) is 9.98. The van der Waals surface area contributed by atoms with Crippen LogP contribution in [0.2, 0.25) is 0 Å². The van der Waals surface area contributed by atoms with Crippen molar-refractivity contribution in [3.05, 3.63) is 0 Å². The Bertz CT molecular complexity index is 229. The lowest BCUT2D eigenvalue weighted by Crippen LogP contribution is -2.36. The van der Waals surface area contributed by atoms with Gasteiger partial charge in [0.2, 0.25) is 0 Å². The quantitative estimate of drug-likeness (QED) is 0.609. The molecule has 0 aliphatic carbocycles. The van der Waals surface area contributed by atoms with E-state index in [0.29, 0.717) is 19.6 Å². The predicted octanol–water partition coefficient (Wildman–Crippen LogP) is -0.382. The van der Waals surface area contributed by atoms with Gasteiger partial charge >= 0.3 is 6.03 Å². The van der Waals surface area contributed by atoms with Crippen LogP contribution in [0.3, 0.4) is 0 Å². The second-order valence-corrected chi connectivity index (χ2v) is 3.02. The second kappa shape index (κ2) is 3.74. The Hall–Kier alpha value is -1.10. The molecule has 1 unspecified atom stereocenters. The molecule has 0 spiro atoms. The molecule has 13 heavy (non-hydrogen) atoms. The molecule has 0 saturated carbocycles. The monoisotopic (exact) mass is 185 g/mol. The van der Waals surface area contributed by atoms with Crippen LogP contribution in [0.15, 0.2) is 0 Å².